The summed E-state index contributed by atoms with van der Waals surface area (Å²) in [6.07, 6.45) is 0.357. The van der Waals surface area contributed by atoms with Crippen LogP contribution in [-0.2, 0) is 19.1 Å². The second kappa shape index (κ2) is 7.31. The van der Waals surface area contributed by atoms with Crippen molar-refractivity contribution < 1.29 is 23.9 Å². The topological polar surface area (TPSA) is 84.9 Å². The maximum atomic E-state index is 13.0. The number of amides is 2. The number of likely N-dealkylation sites (tertiary alicyclic amines) is 1. The van der Waals surface area contributed by atoms with Crippen LogP contribution in [0.1, 0.15) is 38.8 Å². The van der Waals surface area contributed by atoms with Crippen molar-refractivity contribution in [1.29, 1.82) is 0 Å². The number of carbonyl (C=O) groups is 3. The summed E-state index contributed by atoms with van der Waals surface area (Å²) in [6.45, 7) is 5.85. The number of fused-ring (bicyclic) bond motifs is 1. The predicted molar refractivity (Wildman–Crippen MR) is 97.9 cm³/mol. The quantitative estimate of drug-likeness (QED) is 0.602. The summed E-state index contributed by atoms with van der Waals surface area (Å²) in [7, 11) is 1.58. The van der Waals surface area contributed by atoms with Crippen molar-refractivity contribution in [2.75, 3.05) is 20.3 Å². The third-order valence-corrected chi connectivity index (χ3v) is 5.73. The lowest BCUT2D eigenvalue weighted by Crippen LogP contribution is -2.56. The van der Waals surface area contributed by atoms with E-state index in [0.29, 0.717) is 18.7 Å². The Morgan fingerprint density at radius 3 is 2.33 bits per heavy atom. The molecule has 2 amide bonds. The lowest BCUT2D eigenvalue weighted by molar-refractivity contribution is -0.156. The molecule has 0 aliphatic carbocycles. The predicted octanol–water partition coefficient (Wildman–Crippen LogP) is 1.67. The van der Waals surface area contributed by atoms with Gasteiger partial charge in [0.25, 0.3) is 0 Å². The van der Waals surface area contributed by atoms with Gasteiger partial charge in [-0.3, -0.25) is 24.6 Å². The minimum atomic E-state index is -1.21. The molecule has 7 nitrogen and oxygen atoms in total. The zero-order chi connectivity index (χ0) is 19.8. The number of nitrogens with zero attached hydrogens (tertiary/aromatic N) is 1. The molecule has 0 unspecified atom stereocenters. The number of benzene rings is 1. The Hall–Kier alpha value is -2.41. The number of nitrogens with one attached hydrogen (secondary N) is 1. The third kappa shape index (κ3) is 2.81. The lowest BCUT2D eigenvalue weighted by Gasteiger charge is -2.31. The van der Waals surface area contributed by atoms with Crippen molar-refractivity contribution in [3.63, 3.8) is 0 Å². The summed E-state index contributed by atoms with van der Waals surface area (Å²) < 4.78 is 10.5. The first kappa shape index (κ1) is 19.4. The second-order valence-electron chi connectivity index (χ2n) is 6.86. The van der Waals surface area contributed by atoms with E-state index in [9.17, 15) is 14.4 Å². The van der Waals surface area contributed by atoms with E-state index in [1.54, 1.807) is 33.1 Å². The summed E-state index contributed by atoms with van der Waals surface area (Å²) in [5.41, 5.74) is -0.369. The summed E-state index contributed by atoms with van der Waals surface area (Å²) >= 11 is 0. The van der Waals surface area contributed by atoms with Gasteiger partial charge in [0.1, 0.15) is 11.3 Å². The molecule has 3 rings (SSSR count). The van der Waals surface area contributed by atoms with Crippen LogP contribution in [0.25, 0.3) is 0 Å². The molecule has 27 heavy (non-hydrogen) atoms. The molecule has 0 aromatic heterocycles. The Kier molecular flexibility index (Phi) is 5.24. The van der Waals surface area contributed by atoms with Crippen LogP contribution >= 0.6 is 0 Å². The molecule has 7 heteroatoms. The maximum Gasteiger partial charge on any atom is 0.327 e. The summed E-state index contributed by atoms with van der Waals surface area (Å²) in [4.78, 5) is 40.2. The summed E-state index contributed by atoms with van der Waals surface area (Å²) in [5, 5.41) is 3.32. The van der Waals surface area contributed by atoms with Crippen LogP contribution < -0.4 is 10.1 Å². The van der Waals surface area contributed by atoms with Gasteiger partial charge in [0.05, 0.1) is 25.6 Å². The van der Waals surface area contributed by atoms with Gasteiger partial charge in [0, 0.05) is 12.6 Å². The highest BCUT2D eigenvalue weighted by molar-refractivity contribution is 6.09. The Labute approximate surface area is 159 Å². The zero-order valence-electron chi connectivity index (χ0n) is 16.2. The molecule has 2 fully saturated rings. The van der Waals surface area contributed by atoms with Crippen LogP contribution in [0, 0.1) is 11.8 Å². The molecule has 1 aromatic rings. The van der Waals surface area contributed by atoms with Gasteiger partial charge in [0.2, 0.25) is 11.8 Å². The molecule has 0 bridgehead atoms. The minimum absolute atomic E-state index is 0.215. The van der Waals surface area contributed by atoms with E-state index in [1.165, 1.54) is 4.90 Å². The van der Waals surface area contributed by atoms with Crippen LogP contribution in [0.2, 0.25) is 0 Å². The number of imide groups is 1. The Bertz CT molecular complexity index is 747. The average molecular weight is 374 g/mol. The van der Waals surface area contributed by atoms with Crippen LogP contribution in [0.15, 0.2) is 24.3 Å². The molecule has 2 saturated heterocycles. The lowest BCUT2D eigenvalue weighted by atomic mass is 9.78. The number of esters is 1. The molecule has 4 atom stereocenters. The fraction of sp³-hybridized carbons (Fsp3) is 0.550. The summed E-state index contributed by atoms with van der Waals surface area (Å²) in [6, 6.07) is 6.88. The van der Waals surface area contributed by atoms with E-state index in [2.05, 4.69) is 5.32 Å². The standard InChI is InChI=1S/C20H26N2O5/c1-5-20(19(25)27-7-3)15-14(17(23)22(6-2)18(15)24)16(21-20)12-8-10-13(26-4)11-9-12/h8-11,14-16,21H,5-7H2,1-4H3/t14-,15+,16-,20-/m1/s1. The number of methoxy groups -OCH3 is 1. The van der Waals surface area contributed by atoms with E-state index in [4.69, 9.17) is 9.47 Å². The fourth-order valence-corrected chi connectivity index (χ4v) is 4.39. The van der Waals surface area contributed by atoms with Crippen LogP contribution in [0.5, 0.6) is 5.75 Å². The maximum absolute atomic E-state index is 13.0. The highest BCUT2D eigenvalue weighted by Gasteiger charge is 2.67. The molecular weight excluding hydrogens is 348 g/mol. The first-order valence-corrected chi connectivity index (χ1v) is 9.39. The van der Waals surface area contributed by atoms with Crippen LogP contribution in [0.3, 0.4) is 0 Å². The number of ether oxygens (including phenoxy) is 2. The second-order valence-corrected chi connectivity index (χ2v) is 6.86. The molecule has 2 aliphatic rings. The molecule has 0 saturated carbocycles. The number of hydrogen-bond donors (Lipinski definition) is 1. The van der Waals surface area contributed by atoms with E-state index in [0.717, 1.165) is 5.56 Å². The van der Waals surface area contributed by atoms with E-state index >= 15 is 0 Å². The van der Waals surface area contributed by atoms with Gasteiger partial charge in [-0.2, -0.15) is 0 Å². The van der Waals surface area contributed by atoms with E-state index in [-0.39, 0.29) is 18.4 Å². The molecule has 0 radical (unpaired) electrons. The normalized spacial score (nSPS) is 29.8. The van der Waals surface area contributed by atoms with Crippen molar-refractivity contribution in [1.82, 2.24) is 10.2 Å². The van der Waals surface area contributed by atoms with Crippen molar-refractivity contribution in [2.45, 2.75) is 38.8 Å². The third-order valence-electron chi connectivity index (χ3n) is 5.73. The van der Waals surface area contributed by atoms with Gasteiger partial charge in [-0.15, -0.1) is 0 Å². The van der Waals surface area contributed by atoms with Gasteiger partial charge in [0.15, 0.2) is 0 Å². The Morgan fingerprint density at radius 2 is 1.81 bits per heavy atom. The van der Waals surface area contributed by atoms with Crippen LogP contribution in [-0.4, -0.2) is 48.5 Å². The monoisotopic (exact) mass is 374 g/mol. The highest BCUT2D eigenvalue weighted by Crippen LogP contribution is 2.50. The Morgan fingerprint density at radius 1 is 1.15 bits per heavy atom. The van der Waals surface area contributed by atoms with Gasteiger partial charge in [-0.25, -0.2) is 0 Å². The number of rotatable bonds is 6. The molecule has 1 aromatic carbocycles. The molecule has 0 spiro atoms. The average Bonchev–Trinajstić information content (AvgIpc) is 3.16. The van der Waals surface area contributed by atoms with Crippen molar-refractivity contribution in [2.24, 2.45) is 11.8 Å². The minimum Gasteiger partial charge on any atom is -0.497 e. The molecular formula is C20H26N2O5. The highest BCUT2D eigenvalue weighted by atomic mass is 16.5. The fourth-order valence-electron chi connectivity index (χ4n) is 4.39. The summed E-state index contributed by atoms with van der Waals surface area (Å²) in [5.74, 6) is -1.70. The van der Waals surface area contributed by atoms with Crippen molar-refractivity contribution in [3.05, 3.63) is 29.8 Å². The Balaban J connectivity index is 2.09. The van der Waals surface area contributed by atoms with E-state index in [1.807, 2.05) is 19.1 Å². The SMILES string of the molecule is CCOC(=O)[C@]1(CC)N[C@H](c2ccc(OC)cc2)[C@@H]2C(=O)N(CC)C(=O)[C@H]21. The molecule has 1 N–H and O–H groups in total. The zero-order valence-corrected chi connectivity index (χ0v) is 16.2. The van der Waals surface area contributed by atoms with Gasteiger partial charge < -0.3 is 9.47 Å². The number of carbonyl (C=O) groups excluding carboxylic acids is 3. The van der Waals surface area contributed by atoms with E-state index < -0.39 is 29.4 Å². The first-order chi connectivity index (χ1) is 12.9. The van der Waals surface area contributed by atoms with Gasteiger partial charge >= 0.3 is 5.97 Å². The first-order valence-electron chi connectivity index (χ1n) is 9.39. The van der Waals surface area contributed by atoms with Gasteiger partial charge in [-0.1, -0.05) is 19.1 Å². The van der Waals surface area contributed by atoms with Crippen LogP contribution in [0.4, 0.5) is 0 Å². The smallest absolute Gasteiger partial charge is 0.327 e. The largest absolute Gasteiger partial charge is 0.497 e. The van der Waals surface area contributed by atoms with Crippen molar-refractivity contribution >= 4 is 17.8 Å². The molecule has 2 aliphatic heterocycles. The molecule has 146 valence electrons. The van der Waals surface area contributed by atoms with Crippen molar-refractivity contribution in [3.8, 4) is 5.75 Å². The number of hydrogen-bond acceptors (Lipinski definition) is 6. The molecule has 2 heterocycles. The van der Waals surface area contributed by atoms with Gasteiger partial charge in [-0.05, 0) is 38.0 Å².